The van der Waals surface area contributed by atoms with Crippen LogP contribution in [-0.4, -0.2) is 46.7 Å². The van der Waals surface area contributed by atoms with E-state index in [2.05, 4.69) is 20.4 Å². The minimum atomic E-state index is -1.29. The maximum absolute atomic E-state index is 10.8. The van der Waals surface area contributed by atoms with Gasteiger partial charge in [0.2, 0.25) is 0 Å². The summed E-state index contributed by atoms with van der Waals surface area (Å²) < 4.78 is 4.46. The first-order chi connectivity index (χ1) is 11.4. The van der Waals surface area contributed by atoms with Gasteiger partial charge in [0.05, 0.1) is 23.8 Å². The van der Waals surface area contributed by atoms with Crippen LogP contribution in [0.1, 0.15) is 62.3 Å². The molecule has 0 aliphatic carbocycles. The van der Waals surface area contributed by atoms with Crippen molar-refractivity contribution < 1.29 is 33.2 Å². The summed E-state index contributed by atoms with van der Waals surface area (Å²) in [7, 11) is 0. The third kappa shape index (κ3) is 14.0. The van der Waals surface area contributed by atoms with Crippen molar-refractivity contribution in [2.75, 3.05) is 6.61 Å². The van der Waals surface area contributed by atoms with Gasteiger partial charge in [-0.15, -0.1) is 0 Å². The van der Waals surface area contributed by atoms with Gasteiger partial charge in [0, 0.05) is 0 Å². The van der Waals surface area contributed by atoms with E-state index in [4.69, 9.17) is 0 Å². The molecular formula is C18H31AlO7. The van der Waals surface area contributed by atoms with Gasteiger partial charge in [-0.05, 0) is 24.7 Å². The molecule has 0 radical (unpaired) electrons. The Morgan fingerprint density at radius 1 is 0.808 bits per heavy atom. The van der Waals surface area contributed by atoms with Crippen LogP contribution < -0.4 is 10.2 Å². The van der Waals surface area contributed by atoms with E-state index in [-0.39, 0.29) is 11.6 Å². The molecule has 0 aromatic rings. The van der Waals surface area contributed by atoms with Gasteiger partial charge in [0.1, 0.15) is 11.6 Å². The van der Waals surface area contributed by atoms with Crippen molar-refractivity contribution in [3.05, 3.63) is 0 Å². The Labute approximate surface area is 165 Å². The summed E-state index contributed by atoms with van der Waals surface area (Å²) in [5, 5.41) is 20.9. The first kappa shape index (κ1) is 29.5. The van der Waals surface area contributed by atoms with Crippen molar-refractivity contribution in [2.24, 2.45) is 22.7 Å². The van der Waals surface area contributed by atoms with E-state index in [9.17, 15) is 29.4 Å². The third-order valence-electron chi connectivity index (χ3n) is 3.18. The van der Waals surface area contributed by atoms with Crippen LogP contribution >= 0.6 is 0 Å². The summed E-state index contributed by atoms with van der Waals surface area (Å²) in [6.07, 6.45) is 0. The predicted octanol–water partition coefficient (Wildman–Crippen LogP) is 0.0816. The summed E-state index contributed by atoms with van der Waals surface area (Å²) >= 11 is 2.16. The van der Waals surface area contributed by atoms with Gasteiger partial charge in [-0.2, -0.15) is 0 Å². The fraction of sp³-hybridized carbons (Fsp3) is 0.778. The number of carboxylic acid groups (broad SMARTS) is 2. The second kappa shape index (κ2) is 13.0. The number of hydrogen-bond donors (Lipinski definition) is 0. The quantitative estimate of drug-likeness (QED) is 0.484. The molecule has 148 valence electrons. The van der Waals surface area contributed by atoms with Crippen molar-refractivity contribution in [3.8, 4) is 0 Å². The standard InChI is InChI=1S/2C8H14O3.C2H5O.Al/c2*1-5(9)6(7(10)11)8(2,3)4;1-2-3;/h2*6H,1-4H3,(H,10,11);2H2,1H3;/q;;-1;+3/p-2. The van der Waals surface area contributed by atoms with Crippen molar-refractivity contribution in [1.82, 2.24) is 0 Å². The molecule has 0 aromatic carbocycles. The number of carbonyl (C=O) groups excluding carboxylic acids is 4. The van der Waals surface area contributed by atoms with E-state index < -0.39 is 34.6 Å². The second-order valence-electron chi connectivity index (χ2n) is 7.91. The van der Waals surface area contributed by atoms with Crippen LogP contribution in [0.15, 0.2) is 0 Å². The minimum absolute atomic E-state index is 0.350. The van der Waals surface area contributed by atoms with Crippen LogP contribution in [0, 0.1) is 22.7 Å². The SMILES string of the molecule is CC(=O)C(C(=O)[O-])C(C)(C)C.CC(=O)C(C(=O)[O-])C(C)(C)C.CC[O][Al+2]. The maximum atomic E-state index is 10.8. The molecule has 7 nitrogen and oxygen atoms in total. The number of hydrogen-bond acceptors (Lipinski definition) is 7. The molecule has 0 bridgehead atoms. The van der Waals surface area contributed by atoms with Crippen molar-refractivity contribution in [1.29, 1.82) is 0 Å². The molecule has 26 heavy (non-hydrogen) atoms. The summed E-state index contributed by atoms with van der Waals surface area (Å²) in [6.45, 7) is 15.5. The average molecular weight is 386 g/mol. The molecule has 0 aromatic heterocycles. The van der Waals surface area contributed by atoms with Gasteiger partial charge in [-0.1, -0.05) is 41.5 Å². The molecule has 8 heteroatoms. The van der Waals surface area contributed by atoms with Gasteiger partial charge in [-0.25, -0.2) is 0 Å². The molecule has 2 atom stereocenters. The Balaban J connectivity index is -0.000000338. The summed E-state index contributed by atoms with van der Waals surface area (Å²) in [5.74, 6) is -5.27. The summed E-state index contributed by atoms with van der Waals surface area (Å²) in [6, 6.07) is 0. The number of carbonyl (C=O) groups is 4. The molecule has 0 fully saturated rings. The first-order valence-electron chi connectivity index (χ1n) is 8.19. The Morgan fingerprint density at radius 2 is 1.00 bits per heavy atom. The number of Topliss-reactive ketones (excluding diaryl/α,β-unsaturated/α-hetero) is 2. The van der Waals surface area contributed by atoms with E-state index in [1.54, 1.807) is 41.5 Å². The number of ketones is 2. The van der Waals surface area contributed by atoms with E-state index in [1.165, 1.54) is 13.8 Å². The van der Waals surface area contributed by atoms with Gasteiger partial charge in [-0.3, -0.25) is 9.59 Å². The molecule has 0 saturated carbocycles. The van der Waals surface area contributed by atoms with E-state index in [0.717, 1.165) is 6.61 Å². The molecule has 0 saturated heterocycles. The van der Waals surface area contributed by atoms with E-state index >= 15 is 0 Å². The van der Waals surface area contributed by atoms with Crippen LogP contribution in [0.5, 0.6) is 0 Å². The van der Waals surface area contributed by atoms with Crippen LogP contribution in [0.3, 0.4) is 0 Å². The Hall–Kier alpha value is -1.23. The molecular weight excluding hydrogens is 355 g/mol. The third-order valence-corrected chi connectivity index (χ3v) is 3.52. The Morgan fingerprint density at radius 3 is 1.00 bits per heavy atom. The topological polar surface area (TPSA) is 124 Å². The zero-order valence-corrected chi connectivity index (χ0v) is 18.5. The Bertz CT molecular complexity index is 401. The predicted molar refractivity (Wildman–Crippen MR) is 94.6 cm³/mol. The molecule has 0 aliphatic rings. The van der Waals surface area contributed by atoms with Gasteiger partial charge in [0.25, 0.3) is 0 Å². The number of rotatable bonds is 5. The normalized spacial score (nSPS) is 13.2. The molecule has 0 N–H and O–H groups in total. The molecule has 0 heterocycles. The number of aliphatic carboxylic acids is 2. The van der Waals surface area contributed by atoms with Gasteiger partial charge < -0.3 is 19.8 Å². The Kier molecular flexibility index (Phi) is 14.8. The first-order valence-corrected chi connectivity index (χ1v) is 8.66. The summed E-state index contributed by atoms with van der Waals surface area (Å²) in [4.78, 5) is 42.5. The summed E-state index contributed by atoms with van der Waals surface area (Å²) in [5.41, 5.74) is -1.10. The van der Waals surface area contributed by atoms with Gasteiger partial charge in [0.15, 0.2) is 0 Å². The van der Waals surface area contributed by atoms with Crippen LogP contribution in [0.4, 0.5) is 0 Å². The van der Waals surface area contributed by atoms with Crippen LogP contribution in [-0.2, 0) is 23.0 Å². The van der Waals surface area contributed by atoms with Crippen LogP contribution in [0.25, 0.3) is 0 Å². The monoisotopic (exact) mass is 386 g/mol. The average Bonchev–Trinajstić information content (AvgIpc) is 2.33. The van der Waals surface area contributed by atoms with E-state index in [1.807, 2.05) is 6.92 Å². The number of carboxylic acids is 2. The fourth-order valence-electron chi connectivity index (χ4n) is 2.26. The molecule has 2 unspecified atom stereocenters. The molecule has 0 spiro atoms. The van der Waals surface area contributed by atoms with Gasteiger partial charge >= 0.3 is 33.9 Å². The molecule has 0 amide bonds. The van der Waals surface area contributed by atoms with E-state index in [0.29, 0.717) is 0 Å². The van der Waals surface area contributed by atoms with Crippen molar-refractivity contribution >= 4 is 40.1 Å². The fourth-order valence-corrected chi connectivity index (χ4v) is 2.26. The van der Waals surface area contributed by atoms with Crippen molar-refractivity contribution in [2.45, 2.75) is 62.3 Å². The zero-order chi connectivity index (χ0) is 21.9. The second-order valence-corrected chi connectivity index (χ2v) is 8.25. The zero-order valence-electron chi connectivity index (χ0n) is 17.3. The molecule has 0 rings (SSSR count). The van der Waals surface area contributed by atoms with Crippen LogP contribution in [0.2, 0.25) is 0 Å². The molecule has 0 aliphatic heterocycles. The van der Waals surface area contributed by atoms with Crippen molar-refractivity contribution in [3.63, 3.8) is 0 Å².